The Morgan fingerprint density at radius 1 is 1.25 bits per heavy atom. The fourth-order valence-electron chi connectivity index (χ4n) is 1.82. The van der Waals surface area contributed by atoms with Crippen LogP contribution in [0.5, 0.6) is 0 Å². The van der Waals surface area contributed by atoms with Crippen molar-refractivity contribution in [3.8, 4) is 0 Å². The molecule has 0 amide bonds. The third kappa shape index (κ3) is 2.05. The van der Waals surface area contributed by atoms with Gasteiger partial charge in [0.25, 0.3) is 0 Å². The molecule has 1 aromatic carbocycles. The summed E-state index contributed by atoms with van der Waals surface area (Å²) in [6.45, 7) is 0.871. The summed E-state index contributed by atoms with van der Waals surface area (Å²) in [4.78, 5) is 0. The zero-order valence-corrected chi connectivity index (χ0v) is 8.42. The first kappa shape index (κ1) is 11.4. The van der Waals surface area contributed by atoms with Crippen molar-refractivity contribution in [3.63, 3.8) is 0 Å². The van der Waals surface area contributed by atoms with Gasteiger partial charge in [0.15, 0.2) is 17.5 Å². The standard InChI is InChI=1S/C11H11F3O2/c12-8-3-7(4-9(13)10(8)14)11(15)6-1-2-16-5-6/h3-4,6,11,15H,1-2,5H2. The Balaban J connectivity index is 2.26. The lowest BCUT2D eigenvalue weighted by Crippen LogP contribution is -2.13. The molecule has 0 aliphatic carbocycles. The van der Waals surface area contributed by atoms with Crippen LogP contribution in [0.15, 0.2) is 12.1 Å². The Labute approximate surface area is 90.7 Å². The van der Waals surface area contributed by atoms with Crippen molar-refractivity contribution >= 4 is 0 Å². The molecule has 1 heterocycles. The normalized spacial score (nSPS) is 22.4. The molecule has 5 heteroatoms. The second kappa shape index (κ2) is 4.43. The largest absolute Gasteiger partial charge is 0.388 e. The molecule has 1 aliphatic heterocycles. The summed E-state index contributed by atoms with van der Waals surface area (Å²) in [5.41, 5.74) is 0.0481. The summed E-state index contributed by atoms with van der Waals surface area (Å²) in [6.07, 6.45) is -0.394. The van der Waals surface area contributed by atoms with Crippen LogP contribution in [0.25, 0.3) is 0 Å². The highest BCUT2D eigenvalue weighted by atomic mass is 19.2. The molecule has 1 N–H and O–H groups in total. The van der Waals surface area contributed by atoms with Gasteiger partial charge in [0.2, 0.25) is 0 Å². The molecule has 1 aromatic rings. The predicted octanol–water partition coefficient (Wildman–Crippen LogP) is 2.17. The Hall–Kier alpha value is -1.07. The SMILES string of the molecule is OC(c1cc(F)c(F)c(F)c1)C1CCOC1. The third-order valence-electron chi connectivity index (χ3n) is 2.76. The molecule has 2 unspecified atom stereocenters. The van der Waals surface area contributed by atoms with E-state index in [4.69, 9.17) is 4.74 Å². The highest BCUT2D eigenvalue weighted by molar-refractivity contribution is 5.22. The smallest absolute Gasteiger partial charge is 0.194 e. The molecule has 0 radical (unpaired) electrons. The van der Waals surface area contributed by atoms with E-state index in [2.05, 4.69) is 0 Å². The maximum atomic E-state index is 12.9. The van der Waals surface area contributed by atoms with Crippen LogP contribution in [-0.2, 0) is 4.74 Å². The highest BCUT2D eigenvalue weighted by Crippen LogP contribution is 2.30. The third-order valence-corrected chi connectivity index (χ3v) is 2.76. The molecule has 2 nitrogen and oxygen atoms in total. The summed E-state index contributed by atoms with van der Waals surface area (Å²) in [6, 6.07) is 1.64. The van der Waals surface area contributed by atoms with E-state index >= 15 is 0 Å². The number of aliphatic hydroxyl groups excluding tert-OH is 1. The maximum Gasteiger partial charge on any atom is 0.194 e. The second-order valence-corrected chi connectivity index (χ2v) is 3.87. The number of benzene rings is 1. The summed E-state index contributed by atoms with van der Waals surface area (Å²) >= 11 is 0. The van der Waals surface area contributed by atoms with Gasteiger partial charge in [0.05, 0.1) is 12.7 Å². The molecule has 0 saturated carbocycles. The fourth-order valence-corrected chi connectivity index (χ4v) is 1.82. The molecule has 0 bridgehead atoms. The van der Waals surface area contributed by atoms with Crippen molar-refractivity contribution in [1.82, 2.24) is 0 Å². The van der Waals surface area contributed by atoms with Crippen LogP contribution in [0.2, 0.25) is 0 Å². The number of hydrogen-bond donors (Lipinski definition) is 1. The van der Waals surface area contributed by atoms with Gasteiger partial charge in [-0.3, -0.25) is 0 Å². The lowest BCUT2D eigenvalue weighted by atomic mass is 9.95. The van der Waals surface area contributed by atoms with Crippen LogP contribution in [0.3, 0.4) is 0 Å². The van der Waals surface area contributed by atoms with Crippen molar-refractivity contribution in [1.29, 1.82) is 0 Å². The Morgan fingerprint density at radius 2 is 1.88 bits per heavy atom. The zero-order valence-electron chi connectivity index (χ0n) is 8.42. The molecule has 1 fully saturated rings. The van der Waals surface area contributed by atoms with E-state index < -0.39 is 23.6 Å². The highest BCUT2D eigenvalue weighted by Gasteiger charge is 2.26. The van der Waals surface area contributed by atoms with E-state index in [1.54, 1.807) is 0 Å². The molecular formula is C11H11F3O2. The van der Waals surface area contributed by atoms with Gasteiger partial charge >= 0.3 is 0 Å². The number of rotatable bonds is 2. The van der Waals surface area contributed by atoms with Crippen LogP contribution in [0.1, 0.15) is 18.1 Å². The molecule has 2 atom stereocenters. The van der Waals surface area contributed by atoms with Gasteiger partial charge in [-0.15, -0.1) is 0 Å². The van der Waals surface area contributed by atoms with E-state index in [9.17, 15) is 18.3 Å². The minimum Gasteiger partial charge on any atom is -0.388 e. The summed E-state index contributed by atoms with van der Waals surface area (Å²) < 4.78 is 43.6. The van der Waals surface area contributed by atoms with Crippen LogP contribution in [-0.4, -0.2) is 18.3 Å². The van der Waals surface area contributed by atoms with Crippen LogP contribution >= 0.6 is 0 Å². The van der Waals surface area contributed by atoms with Crippen molar-refractivity contribution < 1.29 is 23.0 Å². The van der Waals surface area contributed by atoms with Gasteiger partial charge in [-0.1, -0.05) is 0 Å². The predicted molar refractivity (Wildman–Crippen MR) is 50.2 cm³/mol. The average Bonchev–Trinajstić information content (AvgIpc) is 2.77. The quantitative estimate of drug-likeness (QED) is 0.792. The summed E-state index contributed by atoms with van der Waals surface area (Å²) in [7, 11) is 0. The van der Waals surface area contributed by atoms with Crippen molar-refractivity contribution in [2.45, 2.75) is 12.5 Å². The van der Waals surface area contributed by atoms with Gasteiger partial charge in [-0.05, 0) is 24.1 Å². The number of halogens is 3. The minimum absolute atomic E-state index is 0.0481. The lowest BCUT2D eigenvalue weighted by molar-refractivity contribution is 0.0911. The van der Waals surface area contributed by atoms with E-state index in [1.807, 2.05) is 0 Å². The van der Waals surface area contributed by atoms with E-state index in [-0.39, 0.29) is 11.5 Å². The number of hydrogen-bond acceptors (Lipinski definition) is 2. The second-order valence-electron chi connectivity index (χ2n) is 3.87. The van der Waals surface area contributed by atoms with Crippen molar-refractivity contribution in [2.24, 2.45) is 5.92 Å². The van der Waals surface area contributed by atoms with Crippen molar-refractivity contribution in [2.75, 3.05) is 13.2 Å². The molecule has 1 saturated heterocycles. The molecule has 2 rings (SSSR count). The van der Waals surface area contributed by atoms with E-state index in [1.165, 1.54) is 0 Å². The van der Waals surface area contributed by atoms with Crippen molar-refractivity contribution in [3.05, 3.63) is 35.1 Å². The molecular weight excluding hydrogens is 221 g/mol. The average molecular weight is 232 g/mol. The van der Waals surface area contributed by atoms with Crippen LogP contribution in [0, 0.1) is 23.4 Å². The molecule has 0 spiro atoms. The summed E-state index contributed by atoms with van der Waals surface area (Å²) in [5.74, 6) is -4.27. The van der Waals surface area contributed by atoms with Crippen LogP contribution in [0.4, 0.5) is 13.2 Å². The van der Waals surface area contributed by atoms with E-state index in [0.717, 1.165) is 12.1 Å². The first-order valence-corrected chi connectivity index (χ1v) is 5.00. The van der Waals surface area contributed by atoms with Gasteiger partial charge in [0.1, 0.15) is 0 Å². The Morgan fingerprint density at radius 3 is 2.38 bits per heavy atom. The van der Waals surface area contributed by atoms with Gasteiger partial charge in [0, 0.05) is 12.5 Å². The Kier molecular flexibility index (Phi) is 3.16. The van der Waals surface area contributed by atoms with Crippen LogP contribution < -0.4 is 0 Å². The van der Waals surface area contributed by atoms with E-state index in [0.29, 0.717) is 19.6 Å². The maximum absolute atomic E-state index is 12.9. The molecule has 1 aliphatic rings. The topological polar surface area (TPSA) is 29.5 Å². The first-order valence-electron chi connectivity index (χ1n) is 5.00. The Bertz CT molecular complexity index is 366. The number of ether oxygens (including phenoxy) is 1. The lowest BCUT2D eigenvalue weighted by Gasteiger charge is -2.17. The zero-order chi connectivity index (χ0) is 11.7. The molecule has 16 heavy (non-hydrogen) atoms. The fraction of sp³-hybridized carbons (Fsp3) is 0.455. The molecule has 88 valence electrons. The molecule has 0 aromatic heterocycles. The first-order chi connectivity index (χ1) is 7.59. The monoisotopic (exact) mass is 232 g/mol. The van der Waals surface area contributed by atoms with Gasteiger partial charge in [-0.2, -0.15) is 0 Å². The van der Waals surface area contributed by atoms with Gasteiger partial charge < -0.3 is 9.84 Å². The summed E-state index contributed by atoms with van der Waals surface area (Å²) in [5, 5.41) is 9.82. The minimum atomic E-state index is -1.52. The number of aliphatic hydroxyl groups is 1. The van der Waals surface area contributed by atoms with Gasteiger partial charge in [-0.25, -0.2) is 13.2 Å².